The third-order valence-corrected chi connectivity index (χ3v) is 2.59. The highest BCUT2D eigenvalue weighted by Gasteiger charge is 2.22. The van der Waals surface area contributed by atoms with Crippen molar-refractivity contribution in [1.82, 2.24) is 4.98 Å². The SMILES string of the molecule is CCOC(=O)Cc1ccc2nc(C(O)C(=O)O)oc2c1. The number of aliphatic hydroxyl groups excluding tert-OH is 1. The molecule has 0 amide bonds. The Hall–Kier alpha value is -2.41. The number of hydrogen-bond donors (Lipinski definition) is 2. The Kier molecular flexibility index (Phi) is 3.99. The number of aromatic nitrogens is 1. The van der Waals surface area contributed by atoms with E-state index < -0.39 is 12.1 Å². The van der Waals surface area contributed by atoms with E-state index in [1.165, 1.54) is 0 Å². The molecule has 0 fully saturated rings. The summed E-state index contributed by atoms with van der Waals surface area (Å²) in [6.45, 7) is 2.02. The highest BCUT2D eigenvalue weighted by Crippen LogP contribution is 2.21. The molecule has 0 aliphatic carbocycles. The zero-order valence-corrected chi connectivity index (χ0v) is 10.7. The second-order valence-corrected chi connectivity index (χ2v) is 4.08. The molecule has 1 aromatic carbocycles. The fraction of sp³-hybridized carbons (Fsp3) is 0.308. The zero-order valence-electron chi connectivity index (χ0n) is 10.7. The topological polar surface area (TPSA) is 110 Å². The number of carbonyl (C=O) groups is 2. The Morgan fingerprint density at radius 1 is 1.45 bits per heavy atom. The summed E-state index contributed by atoms with van der Waals surface area (Å²) in [5.41, 5.74) is 1.37. The van der Waals surface area contributed by atoms with Crippen molar-refractivity contribution < 1.29 is 29.0 Å². The minimum atomic E-state index is -1.81. The molecule has 2 N–H and O–H groups in total. The monoisotopic (exact) mass is 279 g/mol. The lowest BCUT2D eigenvalue weighted by Crippen LogP contribution is -2.10. The predicted octanol–water partition coefficient (Wildman–Crippen LogP) is 1.05. The number of carboxylic acid groups (broad SMARTS) is 1. The van der Waals surface area contributed by atoms with Crippen LogP contribution < -0.4 is 0 Å². The first-order valence-corrected chi connectivity index (χ1v) is 5.97. The number of fused-ring (bicyclic) bond motifs is 1. The smallest absolute Gasteiger partial charge is 0.342 e. The highest BCUT2D eigenvalue weighted by atomic mass is 16.5. The molecule has 0 saturated heterocycles. The van der Waals surface area contributed by atoms with Crippen LogP contribution >= 0.6 is 0 Å². The number of hydrogen-bond acceptors (Lipinski definition) is 6. The summed E-state index contributed by atoms with van der Waals surface area (Å²) in [7, 11) is 0. The van der Waals surface area contributed by atoms with Crippen LogP contribution in [0, 0.1) is 0 Å². The lowest BCUT2D eigenvalue weighted by Gasteiger charge is -2.01. The molecule has 0 saturated carbocycles. The van der Waals surface area contributed by atoms with E-state index in [1.54, 1.807) is 25.1 Å². The van der Waals surface area contributed by atoms with Crippen LogP contribution in [-0.2, 0) is 20.7 Å². The molecular formula is C13H13NO6. The van der Waals surface area contributed by atoms with Gasteiger partial charge in [0.25, 0.3) is 0 Å². The molecule has 2 aromatic rings. The summed E-state index contributed by atoms with van der Waals surface area (Å²) in [5, 5.41) is 18.0. The van der Waals surface area contributed by atoms with Crippen LogP contribution in [0.1, 0.15) is 24.5 Å². The van der Waals surface area contributed by atoms with Crippen molar-refractivity contribution in [1.29, 1.82) is 0 Å². The molecule has 1 unspecified atom stereocenters. The van der Waals surface area contributed by atoms with Crippen molar-refractivity contribution in [3.8, 4) is 0 Å². The van der Waals surface area contributed by atoms with Gasteiger partial charge >= 0.3 is 11.9 Å². The summed E-state index contributed by atoms with van der Waals surface area (Å²) in [4.78, 5) is 25.9. The van der Waals surface area contributed by atoms with Crippen molar-refractivity contribution >= 4 is 23.0 Å². The van der Waals surface area contributed by atoms with Crippen LogP contribution in [0.15, 0.2) is 22.6 Å². The average Bonchev–Trinajstić information content (AvgIpc) is 2.80. The Morgan fingerprint density at radius 3 is 2.85 bits per heavy atom. The van der Waals surface area contributed by atoms with Gasteiger partial charge < -0.3 is 19.4 Å². The molecule has 7 heteroatoms. The van der Waals surface area contributed by atoms with Crippen LogP contribution in [-0.4, -0.2) is 33.7 Å². The normalized spacial score (nSPS) is 12.3. The van der Waals surface area contributed by atoms with Crippen LogP contribution in [0.4, 0.5) is 0 Å². The molecule has 0 aliphatic rings. The van der Waals surface area contributed by atoms with E-state index in [0.717, 1.165) is 0 Å². The summed E-state index contributed by atoms with van der Waals surface area (Å²) in [6, 6.07) is 4.82. The van der Waals surface area contributed by atoms with Gasteiger partial charge in [0.2, 0.25) is 12.0 Å². The first-order chi connectivity index (χ1) is 9.51. The van der Waals surface area contributed by atoms with Gasteiger partial charge in [0.15, 0.2) is 5.58 Å². The zero-order chi connectivity index (χ0) is 14.7. The molecule has 1 atom stereocenters. The first-order valence-electron chi connectivity index (χ1n) is 5.97. The van der Waals surface area contributed by atoms with E-state index in [-0.39, 0.29) is 18.3 Å². The Labute approximate surface area is 113 Å². The van der Waals surface area contributed by atoms with Crippen LogP contribution in [0.2, 0.25) is 0 Å². The van der Waals surface area contributed by atoms with Gasteiger partial charge in [0, 0.05) is 0 Å². The second-order valence-electron chi connectivity index (χ2n) is 4.08. The molecule has 0 bridgehead atoms. The van der Waals surface area contributed by atoms with Crippen molar-refractivity contribution in [2.75, 3.05) is 6.61 Å². The fourth-order valence-corrected chi connectivity index (χ4v) is 1.70. The number of carboxylic acids is 1. The van der Waals surface area contributed by atoms with Crippen LogP contribution in [0.25, 0.3) is 11.1 Å². The number of esters is 1. The first kappa shape index (κ1) is 14.0. The highest BCUT2D eigenvalue weighted by molar-refractivity contribution is 5.79. The Bertz CT molecular complexity index is 647. The second kappa shape index (κ2) is 5.70. The molecule has 2 rings (SSSR count). The summed E-state index contributed by atoms with van der Waals surface area (Å²) in [5.74, 6) is -2.10. The average molecular weight is 279 g/mol. The molecular weight excluding hydrogens is 266 g/mol. The van der Waals surface area contributed by atoms with Gasteiger partial charge in [0.1, 0.15) is 5.52 Å². The summed E-state index contributed by atoms with van der Waals surface area (Å²) in [6.07, 6.45) is -1.72. The standard InChI is InChI=1S/C13H13NO6/c1-2-19-10(15)6-7-3-4-8-9(5-7)20-12(14-8)11(16)13(17)18/h3-5,11,16H,2,6H2,1H3,(H,17,18). The van der Waals surface area contributed by atoms with Crippen molar-refractivity contribution in [3.05, 3.63) is 29.7 Å². The largest absolute Gasteiger partial charge is 0.479 e. The van der Waals surface area contributed by atoms with E-state index in [9.17, 15) is 14.7 Å². The van der Waals surface area contributed by atoms with E-state index >= 15 is 0 Å². The molecule has 0 spiro atoms. The summed E-state index contributed by atoms with van der Waals surface area (Å²) < 4.78 is 10.0. The van der Waals surface area contributed by atoms with Gasteiger partial charge in [0.05, 0.1) is 13.0 Å². The maximum Gasteiger partial charge on any atom is 0.342 e. The Morgan fingerprint density at radius 2 is 2.20 bits per heavy atom. The molecule has 106 valence electrons. The number of carbonyl (C=O) groups excluding carboxylic acids is 1. The molecule has 0 radical (unpaired) electrons. The van der Waals surface area contributed by atoms with Crippen LogP contribution in [0.5, 0.6) is 0 Å². The maximum absolute atomic E-state index is 11.4. The molecule has 20 heavy (non-hydrogen) atoms. The van der Waals surface area contributed by atoms with E-state index in [2.05, 4.69) is 4.98 Å². The minimum absolute atomic E-state index is 0.0846. The van der Waals surface area contributed by atoms with Crippen molar-refractivity contribution in [2.24, 2.45) is 0 Å². The van der Waals surface area contributed by atoms with E-state index in [4.69, 9.17) is 14.3 Å². The van der Waals surface area contributed by atoms with Gasteiger partial charge in [-0.3, -0.25) is 4.79 Å². The van der Waals surface area contributed by atoms with Crippen LogP contribution in [0.3, 0.4) is 0 Å². The molecule has 7 nitrogen and oxygen atoms in total. The van der Waals surface area contributed by atoms with Crippen molar-refractivity contribution in [2.45, 2.75) is 19.4 Å². The number of aliphatic carboxylic acids is 1. The van der Waals surface area contributed by atoms with E-state index in [0.29, 0.717) is 23.3 Å². The molecule has 0 aliphatic heterocycles. The molecule has 1 heterocycles. The van der Waals surface area contributed by atoms with Gasteiger partial charge in [-0.15, -0.1) is 0 Å². The van der Waals surface area contributed by atoms with Gasteiger partial charge in [-0.1, -0.05) is 6.07 Å². The lowest BCUT2D eigenvalue weighted by atomic mass is 10.1. The maximum atomic E-state index is 11.4. The third-order valence-electron chi connectivity index (χ3n) is 2.59. The fourth-order valence-electron chi connectivity index (χ4n) is 1.70. The predicted molar refractivity (Wildman–Crippen MR) is 66.9 cm³/mol. The van der Waals surface area contributed by atoms with Gasteiger partial charge in [-0.05, 0) is 24.6 Å². The summed E-state index contributed by atoms with van der Waals surface area (Å²) >= 11 is 0. The number of rotatable bonds is 5. The number of nitrogens with zero attached hydrogens (tertiary/aromatic N) is 1. The third kappa shape index (κ3) is 2.94. The number of benzene rings is 1. The Balaban J connectivity index is 2.26. The number of oxazole rings is 1. The minimum Gasteiger partial charge on any atom is -0.479 e. The molecule has 1 aromatic heterocycles. The number of aliphatic hydroxyl groups is 1. The van der Waals surface area contributed by atoms with Crippen molar-refractivity contribution in [3.63, 3.8) is 0 Å². The quantitative estimate of drug-likeness (QED) is 0.787. The van der Waals surface area contributed by atoms with Gasteiger partial charge in [-0.2, -0.15) is 0 Å². The van der Waals surface area contributed by atoms with Gasteiger partial charge in [-0.25, -0.2) is 9.78 Å². The number of ether oxygens (including phenoxy) is 1. The van der Waals surface area contributed by atoms with E-state index in [1.807, 2.05) is 0 Å². The lowest BCUT2D eigenvalue weighted by molar-refractivity contribution is -0.148.